The fourth-order valence-electron chi connectivity index (χ4n) is 2.46. The maximum Gasteiger partial charge on any atom is 0.255 e. The van der Waals surface area contributed by atoms with Crippen molar-refractivity contribution < 1.29 is 9.90 Å². The zero-order valence-corrected chi connectivity index (χ0v) is 11.4. The fourth-order valence-corrected chi connectivity index (χ4v) is 2.58. The second-order valence-electron chi connectivity index (χ2n) is 4.54. The van der Waals surface area contributed by atoms with Gasteiger partial charge in [0, 0.05) is 31.7 Å². The number of alkyl halides is 1. The van der Waals surface area contributed by atoms with Crippen LogP contribution in [-0.2, 0) is 6.54 Å². The molecule has 0 fully saturated rings. The van der Waals surface area contributed by atoms with Crippen LogP contribution in [0, 0.1) is 0 Å². The van der Waals surface area contributed by atoms with Crippen molar-refractivity contribution in [2.45, 2.75) is 32.4 Å². The number of hydrogen-bond donors (Lipinski definition) is 1. The highest BCUT2D eigenvalue weighted by Crippen LogP contribution is 2.27. The normalized spacial score (nSPS) is 19.8. The highest BCUT2D eigenvalue weighted by Gasteiger charge is 2.29. The van der Waals surface area contributed by atoms with Gasteiger partial charge in [-0.2, -0.15) is 0 Å². The van der Waals surface area contributed by atoms with Gasteiger partial charge in [-0.05, 0) is 25.8 Å². The van der Waals surface area contributed by atoms with Crippen LogP contribution in [0.5, 0.6) is 0 Å². The minimum Gasteiger partial charge on any atom is -0.387 e. The lowest BCUT2D eigenvalue weighted by Gasteiger charge is -2.19. The number of carbonyl (C=O) groups excluding carboxylic acids is 1. The lowest BCUT2D eigenvalue weighted by Crippen LogP contribution is -2.32. The first-order valence-corrected chi connectivity index (χ1v) is 6.94. The van der Waals surface area contributed by atoms with E-state index < -0.39 is 6.10 Å². The van der Waals surface area contributed by atoms with E-state index in [-0.39, 0.29) is 5.91 Å². The molecular formula is C13H19ClN2O2. The highest BCUT2D eigenvalue weighted by molar-refractivity contribution is 6.17. The molecule has 2 rings (SSSR count). The zero-order chi connectivity index (χ0) is 13.1. The molecule has 1 aliphatic heterocycles. The number of fused-ring (bicyclic) bond motifs is 1. The highest BCUT2D eigenvalue weighted by atomic mass is 35.5. The van der Waals surface area contributed by atoms with E-state index in [1.54, 1.807) is 4.90 Å². The summed E-state index contributed by atoms with van der Waals surface area (Å²) in [6.07, 6.45) is 2.69. The molecule has 0 bridgehead atoms. The third kappa shape index (κ3) is 2.40. The first kappa shape index (κ1) is 13.4. The SMILES string of the molecule is CCn1ccc2c1C(O)CCN(CCCCl)C2=O. The van der Waals surface area contributed by atoms with Crippen LogP contribution < -0.4 is 0 Å². The Labute approximate surface area is 112 Å². The third-order valence-corrected chi connectivity index (χ3v) is 3.68. The van der Waals surface area contributed by atoms with Crippen LogP contribution in [0.1, 0.15) is 41.9 Å². The summed E-state index contributed by atoms with van der Waals surface area (Å²) in [4.78, 5) is 14.2. The predicted molar refractivity (Wildman–Crippen MR) is 70.9 cm³/mol. The summed E-state index contributed by atoms with van der Waals surface area (Å²) in [7, 11) is 0. The number of amides is 1. The second-order valence-corrected chi connectivity index (χ2v) is 4.92. The monoisotopic (exact) mass is 270 g/mol. The van der Waals surface area contributed by atoms with E-state index >= 15 is 0 Å². The first-order valence-electron chi connectivity index (χ1n) is 6.41. The van der Waals surface area contributed by atoms with Crippen molar-refractivity contribution in [3.63, 3.8) is 0 Å². The minimum absolute atomic E-state index is 0.0128. The van der Waals surface area contributed by atoms with Gasteiger partial charge in [-0.1, -0.05) is 0 Å². The molecule has 0 saturated carbocycles. The number of carbonyl (C=O) groups is 1. The van der Waals surface area contributed by atoms with Crippen molar-refractivity contribution in [2.75, 3.05) is 19.0 Å². The van der Waals surface area contributed by atoms with Crippen molar-refractivity contribution in [3.05, 3.63) is 23.5 Å². The van der Waals surface area contributed by atoms with Gasteiger partial charge in [0.05, 0.1) is 17.4 Å². The minimum atomic E-state index is -0.556. The molecule has 1 amide bonds. The van der Waals surface area contributed by atoms with Crippen LogP contribution in [-0.4, -0.2) is 39.5 Å². The quantitative estimate of drug-likeness (QED) is 0.851. The lowest BCUT2D eigenvalue weighted by atomic mass is 10.1. The van der Waals surface area contributed by atoms with Crippen LogP contribution in [0.15, 0.2) is 12.3 Å². The van der Waals surface area contributed by atoms with E-state index in [1.165, 1.54) is 0 Å². The molecule has 1 unspecified atom stereocenters. The van der Waals surface area contributed by atoms with Gasteiger partial charge < -0.3 is 14.6 Å². The number of nitrogens with zero attached hydrogens (tertiary/aromatic N) is 2. The van der Waals surface area contributed by atoms with E-state index in [9.17, 15) is 9.90 Å². The van der Waals surface area contributed by atoms with Crippen LogP contribution in [0.2, 0.25) is 0 Å². The number of aliphatic hydroxyl groups is 1. The average molecular weight is 271 g/mol. The molecule has 0 saturated heterocycles. The number of hydrogen-bond acceptors (Lipinski definition) is 2. The van der Waals surface area contributed by atoms with E-state index in [2.05, 4.69) is 0 Å². The van der Waals surface area contributed by atoms with Gasteiger partial charge >= 0.3 is 0 Å². The molecule has 1 aromatic heterocycles. The number of aliphatic hydroxyl groups excluding tert-OH is 1. The molecule has 1 aromatic rings. The molecular weight excluding hydrogens is 252 g/mol. The number of halogens is 1. The summed E-state index contributed by atoms with van der Waals surface area (Å²) in [5.74, 6) is 0.564. The molecule has 5 heteroatoms. The Morgan fingerprint density at radius 3 is 3.00 bits per heavy atom. The molecule has 1 aliphatic rings. The smallest absolute Gasteiger partial charge is 0.255 e. The Balaban J connectivity index is 2.29. The Hall–Kier alpha value is -1.00. The predicted octanol–water partition coefficient (Wildman–Crippen LogP) is 2.02. The Bertz CT molecular complexity index is 431. The largest absolute Gasteiger partial charge is 0.387 e. The van der Waals surface area contributed by atoms with E-state index in [0.717, 1.165) is 18.7 Å². The van der Waals surface area contributed by atoms with Gasteiger partial charge in [0.2, 0.25) is 0 Å². The summed E-state index contributed by atoms with van der Waals surface area (Å²) in [5.41, 5.74) is 1.40. The summed E-state index contributed by atoms with van der Waals surface area (Å²) in [6, 6.07) is 1.81. The van der Waals surface area contributed by atoms with E-state index in [0.29, 0.717) is 31.0 Å². The van der Waals surface area contributed by atoms with Crippen molar-refractivity contribution in [3.8, 4) is 0 Å². The summed E-state index contributed by atoms with van der Waals surface area (Å²) >= 11 is 5.67. The maximum atomic E-state index is 12.4. The molecule has 1 atom stereocenters. The molecule has 0 aliphatic carbocycles. The molecule has 1 N–H and O–H groups in total. The summed E-state index contributed by atoms with van der Waals surface area (Å²) in [6.45, 7) is 4.02. The van der Waals surface area contributed by atoms with Gasteiger partial charge in [0.1, 0.15) is 0 Å². The van der Waals surface area contributed by atoms with Crippen LogP contribution in [0.4, 0.5) is 0 Å². The lowest BCUT2D eigenvalue weighted by molar-refractivity contribution is 0.0747. The van der Waals surface area contributed by atoms with Crippen molar-refractivity contribution >= 4 is 17.5 Å². The Kier molecular flexibility index (Phi) is 4.30. The van der Waals surface area contributed by atoms with Gasteiger partial charge in [0.15, 0.2) is 0 Å². The van der Waals surface area contributed by atoms with Crippen LogP contribution in [0.3, 0.4) is 0 Å². The van der Waals surface area contributed by atoms with Gasteiger partial charge in [-0.3, -0.25) is 4.79 Å². The van der Waals surface area contributed by atoms with E-state index in [4.69, 9.17) is 11.6 Å². The number of aromatic nitrogens is 1. The Morgan fingerprint density at radius 1 is 1.56 bits per heavy atom. The van der Waals surface area contributed by atoms with E-state index in [1.807, 2.05) is 23.8 Å². The van der Waals surface area contributed by atoms with Crippen LogP contribution >= 0.6 is 11.6 Å². The molecule has 0 radical (unpaired) electrons. The van der Waals surface area contributed by atoms with Crippen LogP contribution in [0.25, 0.3) is 0 Å². The third-order valence-electron chi connectivity index (χ3n) is 3.41. The molecule has 0 spiro atoms. The van der Waals surface area contributed by atoms with Crippen molar-refractivity contribution in [1.29, 1.82) is 0 Å². The molecule has 0 aromatic carbocycles. The summed E-state index contributed by atoms with van der Waals surface area (Å²) in [5, 5.41) is 10.2. The standard InChI is InChI=1S/C13H19ClN2O2/c1-2-15-8-4-10-12(15)11(17)5-9-16(13(10)18)7-3-6-14/h4,8,11,17H,2-3,5-7,9H2,1H3. The molecule has 18 heavy (non-hydrogen) atoms. The topological polar surface area (TPSA) is 45.5 Å². The second kappa shape index (κ2) is 5.76. The number of rotatable bonds is 4. The van der Waals surface area contributed by atoms with Gasteiger partial charge in [-0.25, -0.2) is 0 Å². The molecule has 2 heterocycles. The number of aryl methyl sites for hydroxylation is 1. The van der Waals surface area contributed by atoms with Crippen molar-refractivity contribution in [2.24, 2.45) is 0 Å². The molecule has 4 nitrogen and oxygen atoms in total. The zero-order valence-electron chi connectivity index (χ0n) is 10.6. The average Bonchev–Trinajstić information content (AvgIpc) is 2.77. The van der Waals surface area contributed by atoms with Crippen molar-refractivity contribution in [1.82, 2.24) is 9.47 Å². The van der Waals surface area contributed by atoms with Gasteiger partial charge in [-0.15, -0.1) is 11.6 Å². The first-order chi connectivity index (χ1) is 8.69. The Morgan fingerprint density at radius 2 is 2.33 bits per heavy atom. The fraction of sp³-hybridized carbons (Fsp3) is 0.615. The summed E-state index contributed by atoms with van der Waals surface area (Å²) < 4.78 is 1.95. The maximum absolute atomic E-state index is 12.4. The molecule has 100 valence electrons. The van der Waals surface area contributed by atoms with Gasteiger partial charge in [0.25, 0.3) is 5.91 Å².